The lowest BCUT2D eigenvalue weighted by Crippen LogP contribution is -2.18. The van der Waals surface area contributed by atoms with Gasteiger partial charge in [0.15, 0.2) is 6.20 Å². The Labute approximate surface area is 92.4 Å². The van der Waals surface area contributed by atoms with Crippen molar-refractivity contribution in [3.8, 4) is 0 Å². The van der Waals surface area contributed by atoms with Crippen LogP contribution in [-0.4, -0.2) is 17.5 Å². The summed E-state index contributed by atoms with van der Waals surface area (Å²) in [4.78, 5) is 0. The van der Waals surface area contributed by atoms with Crippen LogP contribution in [0, 0.1) is 0 Å². The Bertz CT molecular complexity index is 338. The Morgan fingerprint density at radius 3 is 2.00 bits per heavy atom. The van der Waals surface area contributed by atoms with Crippen LogP contribution in [0.2, 0.25) is 0 Å². The zero-order valence-electron chi connectivity index (χ0n) is 6.13. The lowest BCUT2D eigenvalue weighted by Gasteiger charge is -1.81. The molecule has 13 heavy (non-hydrogen) atoms. The van der Waals surface area contributed by atoms with Gasteiger partial charge in [-0.05, 0) is 6.07 Å². The molecule has 5 nitrogen and oxygen atoms in total. The van der Waals surface area contributed by atoms with Crippen LogP contribution in [0.3, 0.4) is 0 Å². The molecular formula is C5H6Br2NO4S+. The highest BCUT2D eigenvalue weighted by atomic mass is 79.9. The Hall–Kier alpha value is -0.0200. The van der Waals surface area contributed by atoms with Gasteiger partial charge < -0.3 is 0 Å². The SMILES string of the molecule is Brc1cccc[n+]1Br.O=S(=O)(O)O. The number of hydrogen-bond acceptors (Lipinski definition) is 2. The second kappa shape index (κ2) is 5.66. The van der Waals surface area contributed by atoms with Gasteiger partial charge in [-0.1, -0.05) is 0 Å². The summed E-state index contributed by atoms with van der Waals surface area (Å²) in [7, 11) is -4.67. The van der Waals surface area contributed by atoms with E-state index in [1.165, 1.54) is 0 Å². The number of hydrogen-bond donors (Lipinski definition) is 2. The summed E-state index contributed by atoms with van der Waals surface area (Å²) in [5, 5.41) is 0. The summed E-state index contributed by atoms with van der Waals surface area (Å²) in [6, 6.07) is 5.86. The molecule has 0 fully saturated rings. The molecule has 1 rings (SSSR count). The zero-order chi connectivity index (χ0) is 10.5. The summed E-state index contributed by atoms with van der Waals surface area (Å²) in [5.74, 6) is 0. The first-order valence-electron chi connectivity index (χ1n) is 2.83. The van der Waals surface area contributed by atoms with Crippen molar-refractivity contribution in [2.45, 2.75) is 0 Å². The molecule has 1 aromatic rings. The van der Waals surface area contributed by atoms with Gasteiger partial charge in [0.25, 0.3) is 4.60 Å². The van der Waals surface area contributed by atoms with Crippen molar-refractivity contribution in [3.63, 3.8) is 0 Å². The van der Waals surface area contributed by atoms with E-state index in [0.717, 1.165) is 4.60 Å². The maximum atomic E-state index is 8.74. The number of aromatic nitrogens is 1. The summed E-state index contributed by atoms with van der Waals surface area (Å²) < 4.78 is 34.4. The van der Waals surface area contributed by atoms with Crippen LogP contribution in [0.1, 0.15) is 0 Å². The minimum atomic E-state index is -4.67. The fraction of sp³-hybridized carbons (Fsp3) is 0. The largest absolute Gasteiger partial charge is 0.394 e. The maximum Gasteiger partial charge on any atom is 0.394 e. The van der Waals surface area contributed by atoms with Crippen molar-refractivity contribution in [1.29, 1.82) is 0 Å². The first kappa shape index (κ1) is 13.0. The highest BCUT2D eigenvalue weighted by Crippen LogP contribution is 2.00. The molecule has 0 aromatic carbocycles. The Morgan fingerprint density at radius 1 is 1.31 bits per heavy atom. The van der Waals surface area contributed by atoms with Crippen molar-refractivity contribution in [2.75, 3.05) is 0 Å². The molecule has 0 saturated heterocycles. The van der Waals surface area contributed by atoms with Gasteiger partial charge in [-0.25, -0.2) is 0 Å². The predicted molar refractivity (Wildman–Crippen MR) is 52.8 cm³/mol. The standard InChI is InChI=1S/C5H4Br2N.H2O4S/c6-5-3-1-2-4-8(5)7;1-5(2,3)4/h1-4H;(H2,1,2,3,4)/q+1;. The van der Waals surface area contributed by atoms with E-state index < -0.39 is 10.4 Å². The monoisotopic (exact) mass is 334 g/mol. The van der Waals surface area contributed by atoms with Gasteiger partial charge in [-0.3, -0.25) is 9.11 Å². The number of rotatable bonds is 0. The van der Waals surface area contributed by atoms with Crippen LogP contribution in [0.15, 0.2) is 29.0 Å². The lowest BCUT2D eigenvalue weighted by molar-refractivity contribution is -0.487. The zero-order valence-corrected chi connectivity index (χ0v) is 10.1. The van der Waals surface area contributed by atoms with E-state index in [0.29, 0.717) is 0 Å². The average molecular weight is 336 g/mol. The van der Waals surface area contributed by atoms with Crippen LogP contribution in [0.4, 0.5) is 0 Å². The molecule has 0 spiro atoms. The van der Waals surface area contributed by atoms with Gasteiger partial charge in [-0.15, -0.1) is 3.59 Å². The molecule has 0 aliphatic carbocycles. The first-order chi connectivity index (χ1) is 5.80. The average Bonchev–Trinajstić information content (AvgIpc) is 1.92. The van der Waals surface area contributed by atoms with Gasteiger partial charge in [0.1, 0.15) is 0 Å². The molecule has 8 heteroatoms. The molecule has 0 bridgehead atoms. The molecule has 0 aliphatic heterocycles. The summed E-state index contributed by atoms with van der Waals surface area (Å²) >= 11 is 6.58. The molecular weight excluding hydrogens is 330 g/mol. The van der Waals surface area contributed by atoms with E-state index in [4.69, 9.17) is 17.5 Å². The maximum absolute atomic E-state index is 8.74. The van der Waals surface area contributed by atoms with Gasteiger partial charge in [-0.2, -0.15) is 8.42 Å². The van der Waals surface area contributed by atoms with E-state index in [2.05, 4.69) is 32.1 Å². The van der Waals surface area contributed by atoms with Crippen molar-refractivity contribution in [2.24, 2.45) is 0 Å². The third-order valence-electron chi connectivity index (χ3n) is 0.766. The summed E-state index contributed by atoms with van der Waals surface area (Å²) in [5.41, 5.74) is 0. The quantitative estimate of drug-likeness (QED) is 0.552. The minimum Gasteiger partial charge on any atom is -0.264 e. The Kier molecular flexibility index (Phi) is 5.65. The molecule has 0 aliphatic rings. The van der Waals surface area contributed by atoms with Crippen LogP contribution in [0.5, 0.6) is 0 Å². The third kappa shape index (κ3) is 9.90. The number of pyridine rings is 1. The van der Waals surface area contributed by atoms with E-state index in [-0.39, 0.29) is 0 Å². The number of nitrogens with zero attached hydrogens (tertiary/aromatic N) is 1. The third-order valence-corrected chi connectivity index (χ3v) is 2.51. The minimum absolute atomic E-state index is 1.01. The second-order valence-corrected chi connectivity index (χ2v) is 4.25. The highest BCUT2D eigenvalue weighted by molar-refractivity contribution is 9.11. The normalized spacial score (nSPS) is 10.2. The molecule has 0 atom stereocenters. The van der Waals surface area contributed by atoms with Crippen molar-refractivity contribution in [1.82, 2.24) is 0 Å². The molecule has 74 valence electrons. The van der Waals surface area contributed by atoms with Crippen LogP contribution in [-0.2, 0) is 10.4 Å². The van der Waals surface area contributed by atoms with Crippen LogP contribution in [0.25, 0.3) is 0 Å². The lowest BCUT2D eigenvalue weighted by atomic mass is 10.5. The first-order valence-corrected chi connectivity index (χ1v) is 5.73. The van der Waals surface area contributed by atoms with E-state index >= 15 is 0 Å². The predicted octanol–water partition coefficient (Wildman–Crippen LogP) is 1.24. The summed E-state index contributed by atoms with van der Waals surface area (Å²) in [6.07, 6.45) is 1.91. The van der Waals surface area contributed by atoms with E-state index in [9.17, 15) is 0 Å². The van der Waals surface area contributed by atoms with Crippen molar-refractivity contribution >= 4 is 42.5 Å². The topological polar surface area (TPSA) is 78.5 Å². The van der Waals surface area contributed by atoms with Gasteiger partial charge in [0, 0.05) is 28.1 Å². The Morgan fingerprint density at radius 2 is 1.77 bits per heavy atom. The molecule has 0 unspecified atom stereocenters. The smallest absolute Gasteiger partial charge is 0.264 e. The van der Waals surface area contributed by atoms with E-state index in [1.807, 2.05) is 28.0 Å². The van der Waals surface area contributed by atoms with Crippen molar-refractivity contribution in [3.05, 3.63) is 29.0 Å². The molecule has 2 N–H and O–H groups in total. The van der Waals surface area contributed by atoms with E-state index in [1.54, 1.807) is 0 Å². The van der Waals surface area contributed by atoms with Crippen LogP contribution < -0.4 is 3.59 Å². The van der Waals surface area contributed by atoms with Gasteiger partial charge in [0.05, 0.1) is 0 Å². The molecule has 0 radical (unpaired) electrons. The fourth-order valence-electron chi connectivity index (χ4n) is 0.403. The van der Waals surface area contributed by atoms with Crippen LogP contribution >= 0.6 is 32.1 Å². The second-order valence-electron chi connectivity index (χ2n) is 1.78. The molecule has 0 saturated carbocycles. The molecule has 1 aromatic heterocycles. The summed E-state index contributed by atoms with van der Waals surface area (Å²) in [6.45, 7) is 0. The van der Waals surface area contributed by atoms with Gasteiger partial charge in [0.2, 0.25) is 0 Å². The fourth-order valence-corrected chi connectivity index (χ4v) is 0.928. The Balaban J connectivity index is 0.000000252. The highest BCUT2D eigenvalue weighted by Gasteiger charge is 1.98. The van der Waals surface area contributed by atoms with Gasteiger partial charge >= 0.3 is 26.5 Å². The van der Waals surface area contributed by atoms with Crippen molar-refractivity contribution < 1.29 is 21.1 Å². The number of halogens is 2. The molecule has 1 heterocycles. The molecule has 0 amide bonds.